The first-order chi connectivity index (χ1) is 9.56. The fraction of sp³-hybridized carbons (Fsp3) is 0.667. The van der Waals surface area contributed by atoms with E-state index in [1.54, 1.807) is 13.8 Å². The van der Waals surface area contributed by atoms with Gasteiger partial charge in [-0.15, -0.1) is 0 Å². The lowest BCUT2D eigenvalue weighted by molar-refractivity contribution is -0.144. The Kier molecular flexibility index (Phi) is 7.36. The van der Waals surface area contributed by atoms with Gasteiger partial charge in [-0.25, -0.2) is 4.79 Å². The summed E-state index contributed by atoms with van der Waals surface area (Å²) in [6.45, 7) is 4.81. The van der Waals surface area contributed by atoms with Crippen molar-refractivity contribution >= 4 is 23.7 Å². The van der Waals surface area contributed by atoms with Gasteiger partial charge in [0.1, 0.15) is 12.1 Å². The Hall–Kier alpha value is -2.16. The van der Waals surface area contributed by atoms with Crippen LogP contribution in [0.3, 0.4) is 0 Å². The summed E-state index contributed by atoms with van der Waals surface area (Å²) in [5, 5.41) is 13.5. The molecule has 120 valence electrons. The molecule has 3 amide bonds. The van der Waals surface area contributed by atoms with Crippen molar-refractivity contribution in [2.45, 2.75) is 45.3 Å². The average molecular weight is 302 g/mol. The van der Waals surface area contributed by atoms with Crippen LogP contribution in [0, 0.1) is 5.92 Å². The Morgan fingerprint density at radius 1 is 1.05 bits per heavy atom. The zero-order valence-electron chi connectivity index (χ0n) is 12.3. The van der Waals surface area contributed by atoms with Gasteiger partial charge in [-0.3, -0.25) is 14.4 Å². The normalized spacial score (nSPS) is 14.9. The number of primary amides is 1. The van der Waals surface area contributed by atoms with Crippen molar-refractivity contribution in [3.05, 3.63) is 0 Å². The van der Waals surface area contributed by atoms with Crippen molar-refractivity contribution < 1.29 is 24.3 Å². The monoisotopic (exact) mass is 302 g/mol. The minimum Gasteiger partial charge on any atom is -0.480 e. The van der Waals surface area contributed by atoms with Crippen molar-refractivity contribution in [3.63, 3.8) is 0 Å². The SMILES string of the molecule is CC(C)[C@@H](NC(=O)[C@@H](C)N)C(=O)N[C@@H](CC(N)=O)C(=O)O. The number of aliphatic carboxylic acids is 1. The summed E-state index contributed by atoms with van der Waals surface area (Å²) in [4.78, 5) is 45.4. The first-order valence-electron chi connectivity index (χ1n) is 6.43. The third-order valence-electron chi connectivity index (χ3n) is 2.68. The molecule has 0 saturated carbocycles. The molecule has 3 atom stereocenters. The zero-order valence-corrected chi connectivity index (χ0v) is 12.3. The molecule has 0 fully saturated rings. The standard InChI is InChI=1S/C12H22N4O5/c1-5(2)9(16-10(18)6(3)13)11(19)15-7(12(20)21)4-8(14)17/h5-7,9H,4,13H2,1-3H3,(H2,14,17)(H,15,19)(H,16,18)(H,20,21)/t6-,7+,9-/m1/s1. The molecule has 9 heteroatoms. The molecule has 0 aromatic heterocycles. The van der Waals surface area contributed by atoms with Gasteiger partial charge in [0.25, 0.3) is 0 Å². The highest BCUT2D eigenvalue weighted by atomic mass is 16.4. The average Bonchev–Trinajstić information content (AvgIpc) is 2.33. The fourth-order valence-corrected chi connectivity index (χ4v) is 1.48. The van der Waals surface area contributed by atoms with E-state index in [4.69, 9.17) is 16.6 Å². The topological polar surface area (TPSA) is 165 Å². The van der Waals surface area contributed by atoms with Crippen molar-refractivity contribution in [1.29, 1.82) is 0 Å². The lowest BCUT2D eigenvalue weighted by Crippen LogP contribution is -2.56. The van der Waals surface area contributed by atoms with E-state index >= 15 is 0 Å². The number of rotatable bonds is 8. The molecule has 0 unspecified atom stereocenters. The van der Waals surface area contributed by atoms with Crippen LogP contribution in [-0.4, -0.2) is 46.9 Å². The van der Waals surface area contributed by atoms with Crippen LogP contribution in [0.5, 0.6) is 0 Å². The Balaban J connectivity index is 4.92. The molecule has 0 aromatic rings. The number of carboxylic acids is 1. The van der Waals surface area contributed by atoms with E-state index in [0.29, 0.717) is 0 Å². The maximum Gasteiger partial charge on any atom is 0.326 e. The van der Waals surface area contributed by atoms with Gasteiger partial charge in [-0.05, 0) is 12.8 Å². The number of amides is 3. The third-order valence-corrected chi connectivity index (χ3v) is 2.68. The summed E-state index contributed by atoms with van der Waals surface area (Å²) < 4.78 is 0. The van der Waals surface area contributed by atoms with Crippen LogP contribution in [0.1, 0.15) is 27.2 Å². The van der Waals surface area contributed by atoms with Crippen LogP contribution >= 0.6 is 0 Å². The van der Waals surface area contributed by atoms with Gasteiger partial charge in [-0.2, -0.15) is 0 Å². The van der Waals surface area contributed by atoms with Crippen molar-refractivity contribution in [3.8, 4) is 0 Å². The molecule has 7 N–H and O–H groups in total. The Bertz CT molecular complexity index is 422. The minimum absolute atomic E-state index is 0.296. The first-order valence-corrected chi connectivity index (χ1v) is 6.43. The van der Waals surface area contributed by atoms with Gasteiger partial charge >= 0.3 is 5.97 Å². The van der Waals surface area contributed by atoms with E-state index in [1.807, 2.05) is 0 Å². The molecule has 0 radical (unpaired) electrons. The molecular formula is C12H22N4O5. The van der Waals surface area contributed by atoms with E-state index in [1.165, 1.54) is 6.92 Å². The molecule has 0 heterocycles. The molecule has 0 aromatic carbocycles. The van der Waals surface area contributed by atoms with Crippen LogP contribution in [0.4, 0.5) is 0 Å². The van der Waals surface area contributed by atoms with Crippen LogP contribution in [0.2, 0.25) is 0 Å². The van der Waals surface area contributed by atoms with Crippen LogP contribution in [0.25, 0.3) is 0 Å². The second-order valence-corrected chi connectivity index (χ2v) is 5.09. The van der Waals surface area contributed by atoms with Crippen LogP contribution < -0.4 is 22.1 Å². The number of nitrogens with two attached hydrogens (primary N) is 2. The highest BCUT2D eigenvalue weighted by molar-refractivity contribution is 5.93. The fourth-order valence-electron chi connectivity index (χ4n) is 1.48. The second-order valence-electron chi connectivity index (χ2n) is 5.09. The summed E-state index contributed by atoms with van der Waals surface area (Å²) in [5.74, 6) is -3.79. The van der Waals surface area contributed by atoms with E-state index in [9.17, 15) is 19.2 Å². The molecule has 0 saturated heterocycles. The van der Waals surface area contributed by atoms with Crippen molar-refractivity contribution in [1.82, 2.24) is 10.6 Å². The van der Waals surface area contributed by atoms with Gasteiger partial charge in [-0.1, -0.05) is 13.8 Å². The molecular weight excluding hydrogens is 280 g/mol. The van der Waals surface area contributed by atoms with E-state index in [0.717, 1.165) is 0 Å². The Labute approximate surface area is 122 Å². The van der Waals surface area contributed by atoms with Gasteiger partial charge in [0.2, 0.25) is 17.7 Å². The first kappa shape index (κ1) is 18.8. The number of hydrogen-bond donors (Lipinski definition) is 5. The quantitative estimate of drug-likeness (QED) is 0.345. The predicted molar refractivity (Wildman–Crippen MR) is 73.8 cm³/mol. The van der Waals surface area contributed by atoms with E-state index < -0.39 is 48.2 Å². The highest BCUT2D eigenvalue weighted by Crippen LogP contribution is 2.04. The largest absolute Gasteiger partial charge is 0.480 e. The summed E-state index contributed by atoms with van der Waals surface area (Å²) in [6.07, 6.45) is -0.535. The Morgan fingerprint density at radius 3 is 1.90 bits per heavy atom. The molecule has 21 heavy (non-hydrogen) atoms. The van der Waals surface area contributed by atoms with Crippen molar-refractivity contribution in [2.24, 2.45) is 17.4 Å². The maximum atomic E-state index is 12.1. The van der Waals surface area contributed by atoms with Gasteiger partial charge in [0.15, 0.2) is 0 Å². The van der Waals surface area contributed by atoms with Crippen LogP contribution in [-0.2, 0) is 19.2 Å². The molecule has 0 aliphatic rings. The summed E-state index contributed by atoms with van der Waals surface area (Å²) >= 11 is 0. The summed E-state index contributed by atoms with van der Waals surface area (Å²) in [7, 11) is 0. The number of carbonyl (C=O) groups excluding carboxylic acids is 3. The Morgan fingerprint density at radius 2 is 1.57 bits per heavy atom. The summed E-state index contributed by atoms with van der Waals surface area (Å²) in [5.41, 5.74) is 10.3. The molecule has 9 nitrogen and oxygen atoms in total. The minimum atomic E-state index is -1.44. The number of nitrogens with one attached hydrogen (secondary N) is 2. The second kappa shape index (κ2) is 8.20. The third kappa shape index (κ3) is 6.70. The number of carboxylic acid groups (broad SMARTS) is 1. The molecule has 0 bridgehead atoms. The molecule has 0 rings (SSSR count). The van der Waals surface area contributed by atoms with Gasteiger partial charge in [0.05, 0.1) is 12.5 Å². The maximum absolute atomic E-state index is 12.1. The lowest BCUT2D eigenvalue weighted by Gasteiger charge is -2.24. The predicted octanol–water partition coefficient (Wildman–Crippen LogP) is -2.08. The van der Waals surface area contributed by atoms with Gasteiger partial charge in [0, 0.05) is 0 Å². The zero-order chi connectivity index (χ0) is 16.7. The van der Waals surface area contributed by atoms with Crippen LogP contribution in [0.15, 0.2) is 0 Å². The van der Waals surface area contributed by atoms with Gasteiger partial charge < -0.3 is 27.2 Å². The van der Waals surface area contributed by atoms with Crippen molar-refractivity contribution in [2.75, 3.05) is 0 Å². The van der Waals surface area contributed by atoms with E-state index in [2.05, 4.69) is 10.6 Å². The highest BCUT2D eigenvalue weighted by Gasteiger charge is 2.29. The van der Waals surface area contributed by atoms with E-state index in [-0.39, 0.29) is 5.92 Å². The number of hydrogen-bond acceptors (Lipinski definition) is 5. The summed E-state index contributed by atoms with van der Waals surface area (Å²) in [6, 6.07) is -3.21. The smallest absolute Gasteiger partial charge is 0.326 e. The molecule has 0 aliphatic heterocycles. The molecule has 0 aliphatic carbocycles. The number of carbonyl (C=O) groups is 4. The lowest BCUT2D eigenvalue weighted by atomic mass is 10.0. The molecule has 0 spiro atoms.